The van der Waals surface area contributed by atoms with E-state index in [9.17, 15) is 18.0 Å². The van der Waals surface area contributed by atoms with Crippen molar-refractivity contribution in [1.82, 2.24) is 14.8 Å². The minimum Gasteiger partial charge on any atom is -0.364 e. The molecule has 2 rings (SSSR count). The quantitative estimate of drug-likeness (QED) is 0.906. The summed E-state index contributed by atoms with van der Waals surface area (Å²) < 4.78 is 38.4. The summed E-state index contributed by atoms with van der Waals surface area (Å²) in [6.07, 6.45) is -3.25. The summed E-state index contributed by atoms with van der Waals surface area (Å²) in [7, 11) is 1.47. The fourth-order valence-electron chi connectivity index (χ4n) is 1.41. The monoisotopic (exact) mass is 276 g/mol. The Morgan fingerprint density at radius 3 is 2.67 bits per heavy atom. The average molecular weight is 276 g/mol. The number of nitrogens with two attached hydrogens (primary N) is 1. The van der Waals surface area contributed by atoms with Crippen molar-refractivity contribution in [3.8, 4) is 10.6 Å². The molecule has 0 aliphatic carbocycles. The molecule has 5 nitrogen and oxygen atoms in total. The van der Waals surface area contributed by atoms with Crippen LogP contribution in [0.25, 0.3) is 10.6 Å². The van der Waals surface area contributed by atoms with Gasteiger partial charge in [-0.2, -0.15) is 18.3 Å². The van der Waals surface area contributed by atoms with Crippen LogP contribution in [0.2, 0.25) is 0 Å². The summed E-state index contributed by atoms with van der Waals surface area (Å²) in [5, 5.41) is 4.73. The molecule has 0 unspecified atom stereocenters. The van der Waals surface area contributed by atoms with Gasteiger partial charge in [-0.1, -0.05) is 0 Å². The lowest BCUT2D eigenvalue weighted by Gasteiger charge is -2.00. The highest BCUT2D eigenvalue weighted by Crippen LogP contribution is 2.34. The van der Waals surface area contributed by atoms with Crippen molar-refractivity contribution in [3.63, 3.8) is 0 Å². The van der Waals surface area contributed by atoms with Gasteiger partial charge in [-0.25, -0.2) is 4.98 Å². The number of rotatable bonds is 2. The summed E-state index contributed by atoms with van der Waals surface area (Å²) in [5.74, 6) is -0.770. The van der Waals surface area contributed by atoms with Crippen LogP contribution in [0.4, 0.5) is 13.2 Å². The van der Waals surface area contributed by atoms with E-state index in [0.717, 1.165) is 16.7 Å². The second-order valence-corrected chi connectivity index (χ2v) is 4.29. The van der Waals surface area contributed by atoms with Crippen molar-refractivity contribution in [2.75, 3.05) is 0 Å². The van der Waals surface area contributed by atoms with Crippen LogP contribution in [0.5, 0.6) is 0 Å². The number of aryl methyl sites for hydroxylation is 1. The first-order valence-electron chi connectivity index (χ1n) is 4.65. The Hall–Kier alpha value is -1.90. The van der Waals surface area contributed by atoms with Gasteiger partial charge in [0.15, 0.2) is 5.69 Å². The van der Waals surface area contributed by atoms with Gasteiger partial charge in [0.2, 0.25) is 0 Å². The SMILES string of the molecule is Cn1ncc(-c2nc(C(F)(F)F)cs2)c1C(N)=O. The lowest BCUT2D eigenvalue weighted by molar-refractivity contribution is -0.140. The minimum absolute atomic E-state index is 0.0260. The molecule has 0 bridgehead atoms. The van der Waals surface area contributed by atoms with Crippen LogP contribution in [0.15, 0.2) is 11.6 Å². The fraction of sp³-hybridized carbons (Fsp3) is 0.222. The molecule has 18 heavy (non-hydrogen) atoms. The molecule has 0 aliphatic heterocycles. The Morgan fingerprint density at radius 2 is 2.17 bits per heavy atom. The number of amides is 1. The molecule has 0 saturated heterocycles. The Labute approximate surface area is 103 Å². The zero-order valence-electron chi connectivity index (χ0n) is 9.02. The van der Waals surface area contributed by atoms with Crippen molar-refractivity contribution < 1.29 is 18.0 Å². The van der Waals surface area contributed by atoms with Gasteiger partial charge in [-0.3, -0.25) is 9.48 Å². The Morgan fingerprint density at radius 1 is 1.50 bits per heavy atom. The number of aromatic nitrogens is 3. The van der Waals surface area contributed by atoms with Crippen molar-refractivity contribution >= 4 is 17.2 Å². The maximum Gasteiger partial charge on any atom is 0.434 e. The van der Waals surface area contributed by atoms with E-state index >= 15 is 0 Å². The third-order valence-electron chi connectivity index (χ3n) is 2.20. The van der Waals surface area contributed by atoms with Crippen LogP contribution in [0.1, 0.15) is 16.2 Å². The number of halogens is 3. The standard InChI is InChI=1S/C9H7F3N4OS/c1-16-6(7(13)17)4(2-14-16)8-15-5(3-18-8)9(10,11)12/h2-3H,1H3,(H2,13,17). The normalized spacial score (nSPS) is 11.8. The third-order valence-corrected chi connectivity index (χ3v) is 3.07. The number of primary amides is 1. The summed E-state index contributed by atoms with van der Waals surface area (Å²) in [6, 6.07) is 0. The van der Waals surface area contributed by atoms with E-state index in [-0.39, 0.29) is 16.3 Å². The molecule has 1 amide bonds. The zero-order valence-corrected chi connectivity index (χ0v) is 9.84. The summed E-state index contributed by atoms with van der Waals surface area (Å²) >= 11 is 0.782. The number of hydrogen-bond donors (Lipinski definition) is 1. The smallest absolute Gasteiger partial charge is 0.364 e. The predicted molar refractivity (Wildman–Crippen MR) is 57.8 cm³/mol. The van der Waals surface area contributed by atoms with Gasteiger partial charge in [0.05, 0.1) is 11.8 Å². The highest BCUT2D eigenvalue weighted by Gasteiger charge is 2.34. The van der Waals surface area contributed by atoms with Crippen LogP contribution in [-0.2, 0) is 13.2 Å². The van der Waals surface area contributed by atoms with Crippen LogP contribution >= 0.6 is 11.3 Å². The van der Waals surface area contributed by atoms with Gasteiger partial charge < -0.3 is 5.73 Å². The third kappa shape index (κ3) is 2.08. The average Bonchev–Trinajstić information content (AvgIpc) is 2.81. The molecule has 0 spiro atoms. The summed E-state index contributed by atoms with van der Waals surface area (Å²) in [4.78, 5) is 14.6. The second-order valence-electron chi connectivity index (χ2n) is 3.43. The van der Waals surface area contributed by atoms with E-state index < -0.39 is 17.8 Å². The first kappa shape index (κ1) is 12.6. The van der Waals surface area contributed by atoms with Crippen molar-refractivity contribution in [3.05, 3.63) is 23.0 Å². The first-order chi connectivity index (χ1) is 8.30. The van der Waals surface area contributed by atoms with Crippen LogP contribution < -0.4 is 5.73 Å². The molecule has 0 atom stereocenters. The molecule has 9 heteroatoms. The van der Waals surface area contributed by atoms with Crippen molar-refractivity contribution in [2.24, 2.45) is 12.8 Å². The lowest BCUT2D eigenvalue weighted by Crippen LogP contribution is -2.16. The number of alkyl halides is 3. The molecule has 0 aromatic carbocycles. The topological polar surface area (TPSA) is 73.8 Å². The maximum atomic E-state index is 12.4. The summed E-state index contributed by atoms with van der Waals surface area (Å²) in [6.45, 7) is 0. The van der Waals surface area contributed by atoms with Gasteiger partial charge in [0.1, 0.15) is 10.7 Å². The van der Waals surface area contributed by atoms with Gasteiger partial charge in [0, 0.05) is 12.4 Å². The zero-order chi connectivity index (χ0) is 13.5. The first-order valence-corrected chi connectivity index (χ1v) is 5.53. The second kappa shape index (κ2) is 4.09. The molecule has 96 valence electrons. The largest absolute Gasteiger partial charge is 0.434 e. The number of carbonyl (C=O) groups excluding carboxylic acids is 1. The van der Waals surface area contributed by atoms with E-state index in [4.69, 9.17) is 5.73 Å². The molecule has 2 aromatic rings. The number of thiazole rings is 1. The van der Waals surface area contributed by atoms with Crippen LogP contribution in [0.3, 0.4) is 0 Å². The Bertz CT molecular complexity index is 601. The highest BCUT2D eigenvalue weighted by molar-refractivity contribution is 7.13. The van der Waals surface area contributed by atoms with Crippen LogP contribution in [-0.4, -0.2) is 20.7 Å². The number of carbonyl (C=O) groups is 1. The molecular formula is C9H7F3N4OS. The fourth-order valence-corrected chi connectivity index (χ4v) is 2.25. The molecule has 2 heterocycles. The molecule has 2 aromatic heterocycles. The molecular weight excluding hydrogens is 269 g/mol. The molecule has 0 fully saturated rings. The Kier molecular flexibility index (Phi) is 2.85. The van der Waals surface area contributed by atoms with Gasteiger partial charge >= 0.3 is 6.18 Å². The van der Waals surface area contributed by atoms with Gasteiger partial charge in [-0.15, -0.1) is 11.3 Å². The lowest BCUT2D eigenvalue weighted by atomic mass is 10.2. The number of hydrogen-bond acceptors (Lipinski definition) is 4. The van der Waals surface area contributed by atoms with E-state index in [1.54, 1.807) is 0 Å². The minimum atomic E-state index is -4.51. The Balaban J connectivity index is 2.50. The summed E-state index contributed by atoms with van der Waals surface area (Å²) in [5.41, 5.74) is 4.37. The molecule has 2 N–H and O–H groups in total. The van der Waals surface area contributed by atoms with Crippen molar-refractivity contribution in [2.45, 2.75) is 6.18 Å². The van der Waals surface area contributed by atoms with Gasteiger partial charge in [-0.05, 0) is 0 Å². The van der Waals surface area contributed by atoms with Crippen molar-refractivity contribution in [1.29, 1.82) is 0 Å². The molecule has 0 radical (unpaired) electrons. The van der Waals surface area contributed by atoms with E-state index in [1.807, 2.05) is 0 Å². The number of nitrogens with zero attached hydrogens (tertiary/aromatic N) is 3. The maximum absolute atomic E-state index is 12.4. The highest BCUT2D eigenvalue weighted by atomic mass is 32.1. The van der Waals surface area contributed by atoms with E-state index in [2.05, 4.69) is 10.1 Å². The molecule has 0 aliphatic rings. The van der Waals surface area contributed by atoms with E-state index in [0.29, 0.717) is 0 Å². The van der Waals surface area contributed by atoms with Gasteiger partial charge in [0.25, 0.3) is 5.91 Å². The molecule has 0 saturated carbocycles. The van der Waals surface area contributed by atoms with E-state index in [1.165, 1.54) is 17.9 Å². The predicted octanol–water partition coefficient (Wildman–Crippen LogP) is 1.66. The van der Waals surface area contributed by atoms with Crippen LogP contribution in [0, 0.1) is 0 Å².